The molecule has 0 atom stereocenters. The molecule has 6 nitrogen and oxygen atoms in total. The lowest BCUT2D eigenvalue weighted by Crippen LogP contribution is -2.38. The van der Waals surface area contributed by atoms with Gasteiger partial charge in [-0.3, -0.25) is 14.5 Å². The monoisotopic (exact) mass is 435 g/mol. The van der Waals surface area contributed by atoms with E-state index in [9.17, 15) is 9.59 Å². The number of ether oxygens (including phenoxy) is 1. The fourth-order valence-corrected chi connectivity index (χ4v) is 4.62. The summed E-state index contributed by atoms with van der Waals surface area (Å²) < 4.78 is 5.60. The summed E-state index contributed by atoms with van der Waals surface area (Å²) in [5.41, 5.74) is 2.45. The number of hydrogen-bond acceptors (Lipinski definition) is 4. The third-order valence-electron chi connectivity index (χ3n) is 6.38. The van der Waals surface area contributed by atoms with Gasteiger partial charge in [0.2, 0.25) is 5.91 Å². The summed E-state index contributed by atoms with van der Waals surface area (Å²) in [6, 6.07) is 15.6. The van der Waals surface area contributed by atoms with Crippen molar-refractivity contribution in [1.82, 2.24) is 9.80 Å². The second-order valence-electron chi connectivity index (χ2n) is 8.66. The van der Waals surface area contributed by atoms with Gasteiger partial charge in [-0.15, -0.1) is 0 Å². The molecule has 2 aliphatic rings. The topological polar surface area (TPSA) is 61.9 Å². The number of benzene rings is 2. The van der Waals surface area contributed by atoms with Gasteiger partial charge in [0.15, 0.2) is 0 Å². The van der Waals surface area contributed by atoms with Gasteiger partial charge in [-0.05, 0) is 75.5 Å². The van der Waals surface area contributed by atoms with Crippen molar-refractivity contribution in [2.24, 2.45) is 5.92 Å². The van der Waals surface area contributed by atoms with Crippen LogP contribution in [-0.2, 0) is 11.3 Å². The normalized spacial score (nSPS) is 17.3. The number of likely N-dealkylation sites (tertiary alicyclic amines) is 2. The van der Waals surface area contributed by atoms with E-state index >= 15 is 0 Å². The van der Waals surface area contributed by atoms with Crippen molar-refractivity contribution >= 4 is 17.5 Å². The predicted molar refractivity (Wildman–Crippen MR) is 126 cm³/mol. The van der Waals surface area contributed by atoms with Crippen molar-refractivity contribution in [1.29, 1.82) is 0 Å². The smallest absolute Gasteiger partial charge is 0.255 e. The van der Waals surface area contributed by atoms with Gasteiger partial charge in [-0.2, -0.15) is 0 Å². The van der Waals surface area contributed by atoms with E-state index in [-0.39, 0.29) is 17.7 Å². The maximum atomic E-state index is 13.0. The zero-order valence-corrected chi connectivity index (χ0v) is 18.9. The number of para-hydroxylation sites is 1. The van der Waals surface area contributed by atoms with Crippen LogP contribution in [0.2, 0.25) is 0 Å². The van der Waals surface area contributed by atoms with Crippen LogP contribution in [0.25, 0.3) is 0 Å². The number of rotatable bonds is 7. The van der Waals surface area contributed by atoms with E-state index in [1.807, 2.05) is 48.2 Å². The Balaban J connectivity index is 1.31. The molecule has 1 N–H and O–H groups in total. The Morgan fingerprint density at radius 3 is 2.50 bits per heavy atom. The average Bonchev–Trinajstić information content (AvgIpc) is 3.35. The Bertz CT molecular complexity index is 931. The first-order valence-electron chi connectivity index (χ1n) is 11.8. The molecule has 0 radical (unpaired) electrons. The zero-order chi connectivity index (χ0) is 22.3. The SMILES string of the molecule is CCOc1cccc(CN2CCC(C(=O)Nc3ccccc3C(=O)N3CCCC3)CC2)c1. The molecule has 4 rings (SSSR count). The first kappa shape index (κ1) is 22.3. The van der Waals surface area contributed by atoms with E-state index in [1.54, 1.807) is 0 Å². The van der Waals surface area contributed by atoms with Crippen LogP contribution >= 0.6 is 0 Å². The van der Waals surface area contributed by atoms with Crippen molar-refractivity contribution in [3.8, 4) is 5.75 Å². The Morgan fingerprint density at radius 1 is 1.00 bits per heavy atom. The summed E-state index contributed by atoms with van der Waals surface area (Å²) >= 11 is 0. The van der Waals surface area contributed by atoms with Crippen molar-refractivity contribution in [3.05, 3.63) is 59.7 Å². The maximum Gasteiger partial charge on any atom is 0.255 e. The minimum Gasteiger partial charge on any atom is -0.494 e. The molecular formula is C26H33N3O3. The van der Waals surface area contributed by atoms with Crippen LogP contribution in [0.15, 0.2) is 48.5 Å². The molecular weight excluding hydrogens is 402 g/mol. The molecule has 0 spiro atoms. The van der Waals surface area contributed by atoms with E-state index in [1.165, 1.54) is 5.56 Å². The lowest BCUT2D eigenvalue weighted by atomic mass is 9.95. The minimum absolute atomic E-state index is 0.0162. The quantitative estimate of drug-likeness (QED) is 0.709. The number of amides is 2. The van der Waals surface area contributed by atoms with Gasteiger partial charge in [0.1, 0.15) is 5.75 Å². The van der Waals surface area contributed by atoms with E-state index in [4.69, 9.17) is 4.74 Å². The molecule has 2 amide bonds. The molecule has 2 aromatic rings. The van der Waals surface area contributed by atoms with Crippen LogP contribution in [0.1, 0.15) is 48.5 Å². The second kappa shape index (κ2) is 10.6. The van der Waals surface area contributed by atoms with E-state index in [0.717, 1.165) is 64.2 Å². The first-order valence-corrected chi connectivity index (χ1v) is 11.8. The molecule has 0 saturated carbocycles. The molecule has 0 bridgehead atoms. The van der Waals surface area contributed by atoms with Crippen LogP contribution in [0.3, 0.4) is 0 Å². The van der Waals surface area contributed by atoms with Gasteiger partial charge in [0.25, 0.3) is 5.91 Å². The molecule has 2 aromatic carbocycles. The van der Waals surface area contributed by atoms with Crippen LogP contribution in [0.4, 0.5) is 5.69 Å². The third kappa shape index (κ3) is 5.49. The van der Waals surface area contributed by atoms with Crippen LogP contribution < -0.4 is 10.1 Å². The Labute approximate surface area is 190 Å². The number of hydrogen-bond donors (Lipinski definition) is 1. The number of nitrogens with one attached hydrogen (secondary N) is 1. The summed E-state index contributed by atoms with van der Waals surface area (Å²) in [5.74, 6) is 0.907. The molecule has 2 saturated heterocycles. The molecule has 170 valence electrons. The summed E-state index contributed by atoms with van der Waals surface area (Å²) in [5, 5.41) is 3.05. The Hall–Kier alpha value is -2.86. The Morgan fingerprint density at radius 2 is 1.75 bits per heavy atom. The van der Waals surface area contributed by atoms with Gasteiger partial charge in [-0.25, -0.2) is 0 Å². The molecule has 2 heterocycles. The third-order valence-corrected chi connectivity index (χ3v) is 6.38. The fourth-order valence-electron chi connectivity index (χ4n) is 4.62. The van der Waals surface area contributed by atoms with Crippen molar-refractivity contribution in [3.63, 3.8) is 0 Å². The van der Waals surface area contributed by atoms with Crippen LogP contribution in [0.5, 0.6) is 5.75 Å². The molecule has 0 aromatic heterocycles. The number of carbonyl (C=O) groups is 2. The highest BCUT2D eigenvalue weighted by molar-refractivity contribution is 6.04. The van der Waals surface area contributed by atoms with Gasteiger partial charge < -0.3 is 15.0 Å². The van der Waals surface area contributed by atoms with E-state index < -0.39 is 0 Å². The molecule has 2 aliphatic heterocycles. The Kier molecular flexibility index (Phi) is 7.43. The molecule has 32 heavy (non-hydrogen) atoms. The highest BCUT2D eigenvalue weighted by Gasteiger charge is 2.27. The summed E-state index contributed by atoms with van der Waals surface area (Å²) in [7, 11) is 0. The fraction of sp³-hybridized carbons (Fsp3) is 0.462. The van der Waals surface area contributed by atoms with Crippen molar-refractivity contribution in [2.45, 2.75) is 39.2 Å². The predicted octanol–water partition coefficient (Wildman–Crippen LogP) is 4.17. The van der Waals surface area contributed by atoms with Gasteiger partial charge in [0, 0.05) is 25.6 Å². The number of piperidine rings is 1. The molecule has 0 unspecified atom stereocenters. The summed E-state index contributed by atoms with van der Waals surface area (Å²) in [6.07, 6.45) is 3.74. The number of anilines is 1. The van der Waals surface area contributed by atoms with E-state index in [2.05, 4.69) is 22.3 Å². The van der Waals surface area contributed by atoms with Crippen LogP contribution in [0, 0.1) is 5.92 Å². The lowest BCUT2D eigenvalue weighted by molar-refractivity contribution is -0.121. The van der Waals surface area contributed by atoms with Crippen LogP contribution in [-0.4, -0.2) is 54.4 Å². The second-order valence-corrected chi connectivity index (χ2v) is 8.66. The largest absolute Gasteiger partial charge is 0.494 e. The number of nitrogens with zero attached hydrogens (tertiary/aromatic N) is 2. The van der Waals surface area contributed by atoms with Gasteiger partial charge in [-0.1, -0.05) is 24.3 Å². The highest BCUT2D eigenvalue weighted by Crippen LogP contribution is 2.25. The van der Waals surface area contributed by atoms with Gasteiger partial charge in [0.05, 0.1) is 17.9 Å². The average molecular weight is 436 g/mol. The molecule has 0 aliphatic carbocycles. The van der Waals surface area contributed by atoms with Crippen molar-refractivity contribution in [2.75, 3.05) is 38.1 Å². The van der Waals surface area contributed by atoms with E-state index in [0.29, 0.717) is 17.9 Å². The highest BCUT2D eigenvalue weighted by atomic mass is 16.5. The minimum atomic E-state index is -0.0315. The van der Waals surface area contributed by atoms with Crippen molar-refractivity contribution < 1.29 is 14.3 Å². The maximum absolute atomic E-state index is 13.0. The van der Waals surface area contributed by atoms with Gasteiger partial charge >= 0.3 is 0 Å². The standard InChI is InChI=1S/C26H33N3O3/c1-2-32-22-9-7-8-20(18-22)19-28-16-12-21(13-17-28)25(30)27-24-11-4-3-10-23(24)26(31)29-14-5-6-15-29/h3-4,7-11,18,21H,2,5-6,12-17,19H2,1H3,(H,27,30). The lowest BCUT2D eigenvalue weighted by Gasteiger charge is -2.31. The summed E-state index contributed by atoms with van der Waals surface area (Å²) in [6.45, 7) is 6.87. The zero-order valence-electron chi connectivity index (χ0n) is 18.9. The molecule has 6 heteroatoms. The first-order chi connectivity index (χ1) is 15.6. The number of carbonyl (C=O) groups excluding carboxylic acids is 2. The summed E-state index contributed by atoms with van der Waals surface area (Å²) in [4.78, 5) is 30.1. The molecule has 2 fully saturated rings.